The summed E-state index contributed by atoms with van der Waals surface area (Å²) in [6.45, 7) is -0.403. The van der Waals surface area contributed by atoms with Crippen LogP contribution in [-0.4, -0.2) is 42.0 Å². The van der Waals surface area contributed by atoms with Gasteiger partial charge in [0.05, 0.1) is 7.11 Å². The van der Waals surface area contributed by atoms with E-state index in [1.165, 1.54) is 36.0 Å². The van der Waals surface area contributed by atoms with Crippen molar-refractivity contribution < 1.29 is 23.0 Å². The number of carbonyl (C=O) groups excluding carboxylic acids is 1. The Balaban J connectivity index is 1.87. The summed E-state index contributed by atoms with van der Waals surface area (Å²) in [4.78, 5) is 19.2. The number of amides is 1. The number of alkyl halides is 2. The highest BCUT2D eigenvalue weighted by Gasteiger charge is 2.25. The lowest BCUT2D eigenvalue weighted by Crippen LogP contribution is -2.39. The quantitative estimate of drug-likeness (QED) is 0.711. The summed E-state index contributed by atoms with van der Waals surface area (Å²) in [5.74, 6) is 1.27. The first kappa shape index (κ1) is 20.1. The maximum Gasteiger partial charge on any atom is 0.387 e. The molecular formula is C20H20F2N2O3S. The fourth-order valence-electron chi connectivity index (χ4n) is 2.77. The molecule has 0 aliphatic carbocycles. The van der Waals surface area contributed by atoms with E-state index in [1.807, 2.05) is 25.1 Å². The summed E-state index contributed by atoms with van der Waals surface area (Å²) in [7, 11) is 1.58. The van der Waals surface area contributed by atoms with E-state index in [2.05, 4.69) is 9.73 Å². The number of aryl methyl sites for hydroxylation is 1. The third-order valence-corrected chi connectivity index (χ3v) is 5.17. The molecule has 1 fully saturated rings. The molecule has 0 radical (unpaired) electrons. The monoisotopic (exact) mass is 406 g/mol. The Bertz CT molecular complexity index is 872. The standard InChI is InChI=1S/C20H20F2N2O3S/c1-13-4-9-17(26-2)16(12-13)23-20-24(10-3-11-28-20)18(25)14-5-7-15(8-6-14)27-19(21)22/h4-9,12,19H,3,10-11H2,1-2H3. The fourth-order valence-corrected chi connectivity index (χ4v) is 3.71. The van der Waals surface area contributed by atoms with E-state index in [0.29, 0.717) is 28.7 Å². The smallest absolute Gasteiger partial charge is 0.387 e. The van der Waals surface area contributed by atoms with Crippen LogP contribution in [0.1, 0.15) is 22.3 Å². The third-order valence-electron chi connectivity index (χ3n) is 4.11. The first-order valence-electron chi connectivity index (χ1n) is 8.71. The largest absolute Gasteiger partial charge is 0.494 e. The Labute approximate surface area is 166 Å². The number of thioether (sulfide) groups is 1. The number of methoxy groups -OCH3 is 1. The molecule has 1 aliphatic heterocycles. The minimum Gasteiger partial charge on any atom is -0.494 e. The topological polar surface area (TPSA) is 51.1 Å². The van der Waals surface area contributed by atoms with Crippen molar-refractivity contribution in [2.75, 3.05) is 19.4 Å². The van der Waals surface area contributed by atoms with Gasteiger partial charge in [0.1, 0.15) is 17.2 Å². The number of hydrogen-bond acceptors (Lipinski definition) is 5. The molecule has 0 N–H and O–H groups in total. The van der Waals surface area contributed by atoms with Gasteiger partial charge >= 0.3 is 6.61 Å². The average molecular weight is 406 g/mol. The van der Waals surface area contributed by atoms with Gasteiger partial charge in [0.25, 0.3) is 5.91 Å². The van der Waals surface area contributed by atoms with E-state index in [0.717, 1.165) is 17.7 Å². The summed E-state index contributed by atoms with van der Waals surface area (Å²) >= 11 is 1.50. The second kappa shape index (κ2) is 9.05. The molecule has 2 aromatic carbocycles. The van der Waals surface area contributed by atoms with Gasteiger partial charge in [-0.1, -0.05) is 17.8 Å². The van der Waals surface area contributed by atoms with E-state index < -0.39 is 6.61 Å². The molecule has 0 aromatic heterocycles. The van der Waals surface area contributed by atoms with E-state index in [9.17, 15) is 13.6 Å². The molecule has 1 heterocycles. The van der Waals surface area contributed by atoms with Crippen LogP contribution in [0.3, 0.4) is 0 Å². The molecule has 1 saturated heterocycles. The second-order valence-electron chi connectivity index (χ2n) is 6.13. The zero-order chi connectivity index (χ0) is 20.1. The van der Waals surface area contributed by atoms with Crippen molar-refractivity contribution >= 4 is 28.5 Å². The van der Waals surface area contributed by atoms with Gasteiger partial charge in [0.15, 0.2) is 5.17 Å². The third kappa shape index (κ3) is 4.81. The molecule has 2 aromatic rings. The lowest BCUT2D eigenvalue weighted by atomic mass is 10.2. The van der Waals surface area contributed by atoms with E-state index in [1.54, 1.807) is 12.0 Å². The Hall–Kier alpha value is -2.61. The summed E-state index contributed by atoms with van der Waals surface area (Å²) in [5, 5.41) is 0.591. The molecule has 0 atom stereocenters. The number of carbonyl (C=O) groups is 1. The highest BCUT2D eigenvalue weighted by molar-refractivity contribution is 8.13. The van der Waals surface area contributed by atoms with Gasteiger partial charge in [-0.3, -0.25) is 9.69 Å². The Morgan fingerprint density at radius 1 is 1.21 bits per heavy atom. The second-order valence-corrected chi connectivity index (χ2v) is 7.19. The summed E-state index contributed by atoms with van der Waals surface area (Å²) in [6, 6.07) is 11.3. The Morgan fingerprint density at radius 3 is 2.64 bits per heavy atom. The molecule has 5 nitrogen and oxygen atoms in total. The van der Waals surface area contributed by atoms with Crippen LogP contribution in [0.25, 0.3) is 0 Å². The van der Waals surface area contributed by atoms with Gasteiger partial charge in [-0.2, -0.15) is 8.78 Å². The first-order chi connectivity index (χ1) is 13.5. The molecular weight excluding hydrogens is 386 g/mol. The summed E-state index contributed by atoms with van der Waals surface area (Å²) in [6.07, 6.45) is 0.840. The predicted octanol–water partition coefficient (Wildman–Crippen LogP) is 4.87. The Morgan fingerprint density at radius 2 is 1.96 bits per heavy atom. The van der Waals surface area contributed by atoms with Crippen LogP contribution in [0, 0.1) is 6.92 Å². The first-order valence-corrected chi connectivity index (χ1v) is 9.69. The number of ether oxygens (including phenoxy) is 2. The van der Waals surface area contributed by atoms with Crippen molar-refractivity contribution in [1.82, 2.24) is 4.90 Å². The van der Waals surface area contributed by atoms with Crippen molar-refractivity contribution in [1.29, 1.82) is 0 Å². The zero-order valence-corrected chi connectivity index (χ0v) is 16.3. The van der Waals surface area contributed by atoms with E-state index in [4.69, 9.17) is 4.74 Å². The van der Waals surface area contributed by atoms with Gasteiger partial charge in [-0.15, -0.1) is 0 Å². The molecule has 3 rings (SSSR count). The van der Waals surface area contributed by atoms with Crippen LogP contribution >= 0.6 is 11.8 Å². The number of aliphatic imine (C=N–C) groups is 1. The van der Waals surface area contributed by atoms with Crippen molar-refractivity contribution in [3.05, 3.63) is 53.6 Å². The van der Waals surface area contributed by atoms with Gasteiger partial charge < -0.3 is 9.47 Å². The highest BCUT2D eigenvalue weighted by atomic mass is 32.2. The van der Waals surface area contributed by atoms with E-state index >= 15 is 0 Å². The van der Waals surface area contributed by atoms with Crippen LogP contribution in [0.4, 0.5) is 14.5 Å². The van der Waals surface area contributed by atoms with Crippen LogP contribution < -0.4 is 9.47 Å². The maximum atomic E-state index is 13.0. The lowest BCUT2D eigenvalue weighted by molar-refractivity contribution is -0.0498. The average Bonchev–Trinajstić information content (AvgIpc) is 2.68. The number of hydrogen-bond donors (Lipinski definition) is 0. The molecule has 0 bridgehead atoms. The normalized spacial score (nSPS) is 15.8. The number of rotatable bonds is 5. The maximum absolute atomic E-state index is 13.0. The molecule has 0 saturated carbocycles. The molecule has 0 spiro atoms. The molecule has 28 heavy (non-hydrogen) atoms. The molecule has 1 amide bonds. The number of amidine groups is 1. The predicted molar refractivity (Wildman–Crippen MR) is 106 cm³/mol. The summed E-state index contributed by atoms with van der Waals surface area (Å²) in [5.41, 5.74) is 2.08. The molecule has 0 unspecified atom stereocenters. The summed E-state index contributed by atoms with van der Waals surface area (Å²) < 4.78 is 34.3. The van der Waals surface area contributed by atoms with Gasteiger partial charge in [0, 0.05) is 17.9 Å². The number of benzene rings is 2. The minimum absolute atomic E-state index is 0.0120. The van der Waals surface area contributed by atoms with Crippen LogP contribution in [0.5, 0.6) is 11.5 Å². The van der Waals surface area contributed by atoms with Crippen LogP contribution in [0.15, 0.2) is 47.5 Å². The van der Waals surface area contributed by atoms with Crippen LogP contribution in [-0.2, 0) is 0 Å². The van der Waals surface area contributed by atoms with Gasteiger partial charge in [-0.05, 0) is 55.3 Å². The van der Waals surface area contributed by atoms with Crippen molar-refractivity contribution in [2.45, 2.75) is 20.0 Å². The fraction of sp³-hybridized carbons (Fsp3) is 0.300. The lowest BCUT2D eigenvalue weighted by Gasteiger charge is -2.28. The minimum atomic E-state index is -2.90. The molecule has 148 valence electrons. The number of halogens is 2. The van der Waals surface area contributed by atoms with Gasteiger partial charge in [0.2, 0.25) is 0 Å². The van der Waals surface area contributed by atoms with Crippen molar-refractivity contribution in [2.24, 2.45) is 4.99 Å². The van der Waals surface area contributed by atoms with Gasteiger partial charge in [-0.25, -0.2) is 4.99 Å². The highest BCUT2D eigenvalue weighted by Crippen LogP contribution is 2.31. The Kier molecular flexibility index (Phi) is 6.51. The van der Waals surface area contributed by atoms with Crippen LogP contribution in [0.2, 0.25) is 0 Å². The van der Waals surface area contributed by atoms with Crippen molar-refractivity contribution in [3.63, 3.8) is 0 Å². The SMILES string of the molecule is COc1ccc(C)cc1N=C1SCCCN1C(=O)c1ccc(OC(F)F)cc1. The molecule has 1 aliphatic rings. The zero-order valence-electron chi connectivity index (χ0n) is 15.5. The van der Waals surface area contributed by atoms with E-state index in [-0.39, 0.29) is 11.7 Å². The van der Waals surface area contributed by atoms with Crippen molar-refractivity contribution in [3.8, 4) is 11.5 Å². The number of nitrogens with zero attached hydrogens (tertiary/aromatic N) is 2. The molecule has 8 heteroatoms.